The molecule has 4 atom stereocenters. The van der Waals surface area contributed by atoms with Crippen LogP contribution in [0, 0.1) is 5.92 Å². The summed E-state index contributed by atoms with van der Waals surface area (Å²) in [7, 11) is 0. The summed E-state index contributed by atoms with van der Waals surface area (Å²) in [5.41, 5.74) is 2.13. The molecular formula is C35H42N8O5. The number of urea groups is 1. The third-order valence-corrected chi connectivity index (χ3v) is 9.90. The fourth-order valence-corrected chi connectivity index (χ4v) is 7.64. The van der Waals surface area contributed by atoms with E-state index >= 15 is 0 Å². The Labute approximate surface area is 280 Å². The van der Waals surface area contributed by atoms with Crippen molar-refractivity contribution < 1.29 is 23.8 Å². The van der Waals surface area contributed by atoms with Gasteiger partial charge in [0.25, 0.3) is 5.91 Å². The zero-order valence-electron chi connectivity index (χ0n) is 27.6. The predicted molar refractivity (Wildman–Crippen MR) is 181 cm³/mol. The van der Waals surface area contributed by atoms with Gasteiger partial charge in [0.2, 0.25) is 11.8 Å². The molecule has 8 rings (SSSR count). The highest BCUT2D eigenvalue weighted by molar-refractivity contribution is 6.03. The number of fused-ring (bicyclic) bond motifs is 5. The number of aromatic nitrogens is 3. The number of likely N-dealkylation sites (N-methyl/N-ethyl adjacent to an activating group) is 1. The lowest BCUT2D eigenvalue weighted by atomic mass is 10.0. The van der Waals surface area contributed by atoms with E-state index in [1.807, 2.05) is 45.0 Å². The molecule has 13 heteroatoms. The van der Waals surface area contributed by atoms with E-state index in [0.29, 0.717) is 72.6 Å². The van der Waals surface area contributed by atoms with Crippen LogP contribution in [0.2, 0.25) is 0 Å². The molecule has 4 unspecified atom stereocenters. The summed E-state index contributed by atoms with van der Waals surface area (Å²) in [6.45, 7) is 10.7. The molecule has 3 amide bonds. The maximum Gasteiger partial charge on any atom is 0.323 e. The average molecular weight is 655 g/mol. The Hall–Kier alpha value is -4.49. The average Bonchev–Trinajstić information content (AvgIpc) is 3.54. The second kappa shape index (κ2) is 12.2. The van der Waals surface area contributed by atoms with Gasteiger partial charge < -0.3 is 39.5 Å². The van der Waals surface area contributed by atoms with Crippen molar-refractivity contribution in [2.24, 2.45) is 5.92 Å². The van der Waals surface area contributed by atoms with Crippen LogP contribution in [0.3, 0.4) is 0 Å². The lowest BCUT2D eigenvalue weighted by molar-refractivity contribution is 0.0297. The summed E-state index contributed by atoms with van der Waals surface area (Å²) in [6.07, 6.45) is 5.15. The third kappa shape index (κ3) is 6.00. The van der Waals surface area contributed by atoms with Crippen molar-refractivity contribution in [2.45, 2.75) is 63.9 Å². The van der Waals surface area contributed by atoms with Crippen molar-refractivity contribution in [3.05, 3.63) is 48.2 Å². The van der Waals surface area contributed by atoms with E-state index in [4.69, 9.17) is 24.2 Å². The number of hydrogen-bond donors (Lipinski definition) is 2. The molecule has 4 saturated heterocycles. The van der Waals surface area contributed by atoms with Crippen molar-refractivity contribution >= 4 is 35.1 Å². The summed E-state index contributed by atoms with van der Waals surface area (Å²) < 4.78 is 18.2. The van der Waals surface area contributed by atoms with Crippen molar-refractivity contribution in [3.63, 3.8) is 0 Å². The summed E-state index contributed by atoms with van der Waals surface area (Å²) in [4.78, 5) is 47.5. The number of benzene rings is 1. The molecule has 48 heavy (non-hydrogen) atoms. The van der Waals surface area contributed by atoms with Crippen molar-refractivity contribution in [2.75, 3.05) is 66.4 Å². The molecule has 7 heterocycles. The van der Waals surface area contributed by atoms with E-state index in [1.165, 1.54) is 0 Å². The zero-order valence-corrected chi connectivity index (χ0v) is 27.6. The monoisotopic (exact) mass is 654 g/mol. The minimum atomic E-state index is -0.636. The third-order valence-electron chi connectivity index (χ3n) is 9.90. The first-order valence-electron chi connectivity index (χ1n) is 17.0. The maximum absolute atomic E-state index is 13.9. The minimum absolute atomic E-state index is 0.147. The largest absolute Gasteiger partial charge is 0.469 e. The van der Waals surface area contributed by atoms with Crippen molar-refractivity contribution in [1.82, 2.24) is 19.9 Å². The van der Waals surface area contributed by atoms with Crippen LogP contribution in [0.1, 0.15) is 50.4 Å². The molecule has 13 nitrogen and oxygen atoms in total. The highest BCUT2D eigenvalue weighted by Crippen LogP contribution is 2.38. The summed E-state index contributed by atoms with van der Waals surface area (Å²) in [5.74, 6) is 2.11. The molecule has 0 aliphatic carbocycles. The fraction of sp³-hybridized carbons (Fsp3) is 0.514. The van der Waals surface area contributed by atoms with Gasteiger partial charge in [-0.15, -0.1) is 0 Å². The van der Waals surface area contributed by atoms with E-state index < -0.39 is 5.60 Å². The smallest absolute Gasteiger partial charge is 0.323 e. The van der Waals surface area contributed by atoms with E-state index in [1.54, 1.807) is 23.2 Å². The molecule has 4 bridgehead atoms. The standard InChI is InChI=1S/C35H42N8O5/c1-4-41-20-35(2,3)48-31-29(32(41)44)30(39-33(40-31)42-16-26-10-11-27(17-42)47-26)22-5-7-23(8-6-22)37-34(45)38-24-9-12-28(36-14-24)43-15-21-13-25(43)19-46-18-21/h5-9,12,14,21,25-27H,4,10-11,13,15-20H2,1-3H3,(H2,37,38,45). The lowest BCUT2D eigenvalue weighted by Gasteiger charge is -2.33. The molecule has 1 aromatic carbocycles. The quantitative estimate of drug-likeness (QED) is 0.394. The molecule has 2 N–H and O–H groups in total. The van der Waals surface area contributed by atoms with Gasteiger partial charge in [-0.3, -0.25) is 4.79 Å². The Morgan fingerprint density at radius 3 is 2.44 bits per heavy atom. The van der Waals surface area contributed by atoms with Crippen LogP contribution in [-0.2, 0) is 9.47 Å². The van der Waals surface area contributed by atoms with Crippen LogP contribution in [-0.4, -0.2) is 102 Å². The van der Waals surface area contributed by atoms with Gasteiger partial charge in [-0.25, -0.2) is 14.8 Å². The number of rotatable bonds is 6. The Bertz CT molecular complexity index is 1690. The number of hydrogen-bond acceptors (Lipinski definition) is 10. The Morgan fingerprint density at radius 1 is 0.979 bits per heavy atom. The molecule has 3 aromatic rings. The number of amides is 3. The number of ether oxygens (including phenoxy) is 3. The minimum Gasteiger partial charge on any atom is -0.469 e. The number of pyridine rings is 1. The summed E-state index contributed by atoms with van der Waals surface area (Å²) in [6, 6.07) is 11.1. The molecule has 0 spiro atoms. The van der Waals surface area contributed by atoms with Gasteiger partial charge in [-0.05, 0) is 64.3 Å². The highest BCUT2D eigenvalue weighted by atomic mass is 16.5. The number of anilines is 4. The van der Waals surface area contributed by atoms with Gasteiger partial charge in [0, 0.05) is 43.3 Å². The Balaban J connectivity index is 1.02. The molecule has 252 valence electrons. The van der Waals surface area contributed by atoms with E-state index in [9.17, 15) is 9.59 Å². The zero-order chi connectivity index (χ0) is 33.0. The first-order chi connectivity index (χ1) is 23.2. The molecule has 5 aliphatic heterocycles. The second-order valence-corrected chi connectivity index (χ2v) is 14.1. The normalized spacial score (nSPS) is 25.7. The molecule has 0 saturated carbocycles. The van der Waals surface area contributed by atoms with E-state index in [0.717, 1.165) is 50.4 Å². The maximum atomic E-state index is 13.9. The molecule has 0 radical (unpaired) electrons. The van der Waals surface area contributed by atoms with Crippen LogP contribution in [0.4, 0.5) is 27.9 Å². The molecular weight excluding hydrogens is 612 g/mol. The number of morpholine rings is 1. The first-order valence-corrected chi connectivity index (χ1v) is 17.0. The fourth-order valence-electron chi connectivity index (χ4n) is 7.64. The lowest BCUT2D eigenvalue weighted by Crippen LogP contribution is -2.43. The van der Waals surface area contributed by atoms with Crippen LogP contribution >= 0.6 is 0 Å². The molecule has 5 aliphatic rings. The first kappa shape index (κ1) is 30.8. The van der Waals surface area contributed by atoms with Gasteiger partial charge in [0.1, 0.15) is 17.0 Å². The SMILES string of the molecule is CCN1CC(C)(C)Oc2nc(N3CC4CCC(C3)O4)nc(-c3ccc(NC(=O)Nc4ccc(N5CC6COCC5C6)nc4)cc3)c2C1=O. The molecule has 2 aromatic heterocycles. The van der Waals surface area contributed by atoms with Gasteiger partial charge in [0.15, 0.2) is 0 Å². The predicted octanol–water partition coefficient (Wildman–Crippen LogP) is 4.41. The number of carbonyl (C=O) groups is 2. The highest BCUT2D eigenvalue weighted by Gasteiger charge is 2.40. The number of carbonyl (C=O) groups excluding carboxylic acids is 2. The molecule has 4 fully saturated rings. The summed E-state index contributed by atoms with van der Waals surface area (Å²) >= 11 is 0. The van der Waals surface area contributed by atoms with Gasteiger partial charge in [-0.2, -0.15) is 4.98 Å². The topological polar surface area (TPSA) is 134 Å². The van der Waals surface area contributed by atoms with Crippen LogP contribution in [0.25, 0.3) is 11.3 Å². The van der Waals surface area contributed by atoms with E-state index in [-0.39, 0.29) is 24.1 Å². The van der Waals surface area contributed by atoms with Crippen molar-refractivity contribution in [1.29, 1.82) is 0 Å². The number of nitrogens with one attached hydrogen (secondary N) is 2. The van der Waals surface area contributed by atoms with Gasteiger partial charge >= 0.3 is 6.03 Å². The second-order valence-electron chi connectivity index (χ2n) is 14.1. The Kier molecular flexibility index (Phi) is 7.83. The number of nitrogens with zero attached hydrogens (tertiary/aromatic N) is 6. The Morgan fingerprint density at radius 2 is 1.73 bits per heavy atom. The summed E-state index contributed by atoms with van der Waals surface area (Å²) in [5, 5.41) is 5.77. The van der Waals surface area contributed by atoms with Crippen LogP contribution in [0.5, 0.6) is 5.88 Å². The van der Waals surface area contributed by atoms with Gasteiger partial charge in [0.05, 0.1) is 55.6 Å². The van der Waals surface area contributed by atoms with Crippen molar-refractivity contribution in [3.8, 4) is 17.1 Å². The van der Waals surface area contributed by atoms with Crippen LogP contribution in [0.15, 0.2) is 42.6 Å². The van der Waals surface area contributed by atoms with Gasteiger partial charge in [-0.1, -0.05) is 12.1 Å². The van der Waals surface area contributed by atoms with E-state index in [2.05, 4.69) is 25.4 Å². The van der Waals surface area contributed by atoms with Crippen LogP contribution < -0.4 is 25.2 Å².